The van der Waals surface area contributed by atoms with E-state index in [4.69, 9.17) is 4.74 Å². The molecule has 0 bridgehead atoms. The van der Waals surface area contributed by atoms with E-state index >= 15 is 0 Å². The minimum atomic E-state index is 0.841. The molecule has 0 unspecified atom stereocenters. The zero-order valence-corrected chi connectivity index (χ0v) is 12.2. The number of aromatic nitrogens is 1. The van der Waals surface area contributed by atoms with Gasteiger partial charge >= 0.3 is 0 Å². The van der Waals surface area contributed by atoms with Gasteiger partial charge in [-0.1, -0.05) is 6.07 Å². The van der Waals surface area contributed by atoms with E-state index < -0.39 is 0 Å². The Balaban J connectivity index is 2.41. The number of halogens is 1. The molecule has 1 aromatic carbocycles. The van der Waals surface area contributed by atoms with Gasteiger partial charge in [-0.15, -0.1) is 0 Å². The maximum atomic E-state index is 5.39. The monoisotopic (exact) mass is 306 g/mol. The van der Waals surface area contributed by atoms with E-state index in [0.717, 1.165) is 21.7 Å². The van der Waals surface area contributed by atoms with Crippen molar-refractivity contribution >= 4 is 27.4 Å². The van der Waals surface area contributed by atoms with Crippen LogP contribution < -0.4 is 9.64 Å². The highest BCUT2D eigenvalue weighted by atomic mass is 79.9. The van der Waals surface area contributed by atoms with Crippen LogP contribution in [0.5, 0.6) is 5.75 Å². The number of anilines is 2. The molecule has 18 heavy (non-hydrogen) atoms. The molecule has 2 aromatic rings. The SMILES string of the molecule is COc1ccc(C)cc1N(C)c1ccc(Br)cn1. The van der Waals surface area contributed by atoms with Crippen LogP contribution in [0.1, 0.15) is 5.56 Å². The van der Waals surface area contributed by atoms with Gasteiger partial charge < -0.3 is 9.64 Å². The number of rotatable bonds is 3. The molecule has 4 heteroatoms. The van der Waals surface area contributed by atoms with E-state index in [1.807, 2.05) is 36.2 Å². The second-order valence-electron chi connectivity index (χ2n) is 4.07. The average molecular weight is 307 g/mol. The van der Waals surface area contributed by atoms with Crippen molar-refractivity contribution in [1.82, 2.24) is 4.98 Å². The van der Waals surface area contributed by atoms with Gasteiger partial charge in [0.2, 0.25) is 0 Å². The van der Waals surface area contributed by atoms with Crippen LogP contribution >= 0.6 is 15.9 Å². The number of aryl methyl sites for hydroxylation is 1. The fourth-order valence-electron chi connectivity index (χ4n) is 1.75. The number of pyridine rings is 1. The lowest BCUT2D eigenvalue weighted by Crippen LogP contribution is -2.12. The summed E-state index contributed by atoms with van der Waals surface area (Å²) >= 11 is 3.38. The van der Waals surface area contributed by atoms with Gasteiger partial charge in [0, 0.05) is 17.7 Å². The fourth-order valence-corrected chi connectivity index (χ4v) is 1.99. The second-order valence-corrected chi connectivity index (χ2v) is 4.98. The van der Waals surface area contributed by atoms with E-state index in [9.17, 15) is 0 Å². The third-order valence-corrected chi connectivity index (χ3v) is 3.22. The summed E-state index contributed by atoms with van der Waals surface area (Å²) in [5.41, 5.74) is 2.20. The van der Waals surface area contributed by atoms with Crippen molar-refractivity contribution in [3.63, 3.8) is 0 Å². The van der Waals surface area contributed by atoms with Gasteiger partial charge in [0.05, 0.1) is 12.8 Å². The van der Waals surface area contributed by atoms with Crippen LogP contribution in [0.4, 0.5) is 11.5 Å². The summed E-state index contributed by atoms with van der Waals surface area (Å²) in [7, 11) is 3.66. The number of methoxy groups -OCH3 is 1. The van der Waals surface area contributed by atoms with Gasteiger partial charge in [-0.3, -0.25) is 0 Å². The Morgan fingerprint density at radius 1 is 1.22 bits per heavy atom. The smallest absolute Gasteiger partial charge is 0.142 e. The third kappa shape index (κ3) is 2.64. The molecule has 1 aromatic heterocycles. The van der Waals surface area contributed by atoms with Crippen molar-refractivity contribution in [2.45, 2.75) is 6.92 Å². The first-order valence-electron chi connectivity index (χ1n) is 5.61. The third-order valence-electron chi connectivity index (χ3n) is 2.75. The highest BCUT2D eigenvalue weighted by Crippen LogP contribution is 2.32. The Morgan fingerprint density at radius 2 is 2.00 bits per heavy atom. The Kier molecular flexibility index (Phi) is 3.87. The predicted octanol–water partition coefficient (Wildman–Crippen LogP) is 3.93. The summed E-state index contributed by atoms with van der Waals surface area (Å²) in [6, 6.07) is 10.0. The number of nitrogens with zero attached hydrogens (tertiary/aromatic N) is 2. The zero-order valence-electron chi connectivity index (χ0n) is 10.6. The molecule has 2 rings (SSSR count). The zero-order chi connectivity index (χ0) is 13.1. The minimum Gasteiger partial charge on any atom is -0.495 e. The Labute approximate surface area is 116 Å². The molecule has 0 amide bonds. The maximum Gasteiger partial charge on any atom is 0.142 e. The summed E-state index contributed by atoms with van der Waals surface area (Å²) in [5, 5.41) is 0. The standard InChI is InChI=1S/C14H15BrN2O/c1-10-4-6-13(18-3)12(8-10)17(2)14-7-5-11(15)9-16-14/h4-9H,1-3H3. The number of benzene rings is 1. The van der Waals surface area contributed by atoms with Gasteiger partial charge in [-0.05, 0) is 52.7 Å². The number of hydrogen-bond donors (Lipinski definition) is 0. The molecule has 0 atom stereocenters. The molecule has 0 fully saturated rings. The highest BCUT2D eigenvalue weighted by Gasteiger charge is 2.11. The predicted molar refractivity (Wildman–Crippen MR) is 77.7 cm³/mol. The molecule has 3 nitrogen and oxygen atoms in total. The normalized spacial score (nSPS) is 10.2. The summed E-state index contributed by atoms with van der Waals surface area (Å²) < 4.78 is 6.36. The highest BCUT2D eigenvalue weighted by molar-refractivity contribution is 9.10. The lowest BCUT2D eigenvalue weighted by Gasteiger charge is -2.21. The van der Waals surface area contributed by atoms with E-state index in [0.29, 0.717) is 0 Å². The lowest BCUT2D eigenvalue weighted by atomic mass is 10.2. The van der Waals surface area contributed by atoms with Crippen molar-refractivity contribution in [1.29, 1.82) is 0 Å². The molecular weight excluding hydrogens is 292 g/mol. The first-order valence-corrected chi connectivity index (χ1v) is 6.41. The molecule has 0 N–H and O–H groups in total. The van der Waals surface area contributed by atoms with Crippen molar-refractivity contribution in [3.8, 4) is 5.75 Å². The molecule has 94 valence electrons. The molecule has 0 spiro atoms. The molecule has 0 aliphatic heterocycles. The number of ether oxygens (including phenoxy) is 1. The molecule has 0 aliphatic rings. The summed E-state index contributed by atoms with van der Waals surface area (Å²) in [6.07, 6.45) is 1.79. The second kappa shape index (κ2) is 5.40. The Morgan fingerprint density at radius 3 is 2.61 bits per heavy atom. The van der Waals surface area contributed by atoms with Crippen molar-refractivity contribution in [2.75, 3.05) is 19.1 Å². The van der Waals surface area contributed by atoms with E-state index in [2.05, 4.69) is 33.9 Å². The number of hydrogen-bond acceptors (Lipinski definition) is 3. The van der Waals surface area contributed by atoms with E-state index in [1.54, 1.807) is 13.3 Å². The fraction of sp³-hybridized carbons (Fsp3) is 0.214. The molecule has 0 radical (unpaired) electrons. The van der Waals surface area contributed by atoms with Crippen LogP contribution in [0.25, 0.3) is 0 Å². The topological polar surface area (TPSA) is 25.4 Å². The van der Waals surface area contributed by atoms with Gasteiger partial charge in [0.25, 0.3) is 0 Å². The lowest BCUT2D eigenvalue weighted by molar-refractivity contribution is 0.415. The van der Waals surface area contributed by atoms with Gasteiger partial charge in [-0.25, -0.2) is 4.98 Å². The largest absolute Gasteiger partial charge is 0.495 e. The first kappa shape index (κ1) is 12.9. The molecule has 0 saturated carbocycles. The Bertz CT molecular complexity index is 540. The summed E-state index contributed by atoms with van der Waals surface area (Å²) in [5.74, 6) is 1.72. The van der Waals surface area contributed by atoms with Crippen molar-refractivity contribution in [2.24, 2.45) is 0 Å². The summed E-state index contributed by atoms with van der Waals surface area (Å²) in [6.45, 7) is 2.06. The van der Waals surface area contributed by atoms with Gasteiger partial charge in [-0.2, -0.15) is 0 Å². The average Bonchev–Trinajstić information content (AvgIpc) is 2.39. The van der Waals surface area contributed by atoms with Crippen molar-refractivity contribution < 1.29 is 4.74 Å². The first-order chi connectivity index (χ1) is 8.61. The minimum absolute atomic E-state index is 0.841. The Hall–Kier alpha value is -1.55. The van der Waals surface area contributed by atoms with Crippen LogP contribution in [0.3, 0.4) is 0 Å². The van der Waals surface area contributed by atoms with Crippen LogP contribution in [0.15, 0.2) is 41.0 Å². The van der Waals surface area contributed by atoms with Crippen LogP contribution in [0, 0.1) is 6.92 Å². The van der Waals surface area contributed by atoms with Crippen LogP contribution in [0.2, 0.25) is 0 Å². The van der Waals surface area contributed by atoms with E-state index in [1.165, 1.54) is 5.56 Å². The summed E-state index contributed by atoms with van der Waals surface area (Å²) in [4.78, 5) is 6.40. The van der Waals surface area contributed by atoms with E-state index in [-0.39, 0.29) is 0 Å². The quantitative estimate of drug-likeness (QED) is 0.859. The van der Waals surface area contributed by atoms with Crippen LogP contribution in [-0.2, 0) is 0 Å². The van der Waals surface area contributed by atoms with Gasteiger partial charge in [0.15, 0.2) is 0 Å². The molecule has 1 heterocycles. The van der Waals surface area contributed by atoms with Gasteiger partial charge in [0.1, 0.15) is 11.6 Å². The molecule has 0 saturated heterocycles. The maximum absolute atomic E-state index is 5.39. The van der Waals surface area contributed by atoms with Crippen molar-refractivity contribution in [3.05, 3.63) is 46.6 Å². The molecule has 0 aliphatic carbocycles. The molecular formula is C14H15BrN2O. The van der Waals surface area contributed by atoms with Crippen LogP contribution in [-0.4, -0.2) is 19.1 Å².